The topological polar surface area (TPSA) is 78.9 Å². The monoisotopic (exact) mass is 256 g/mol. The maximum atomic E-state index is 12.0. The number of hydrogen-bond donors (Lipinski definition) is 2. The van der Waals surface area contributed by atoms with Crippen LogP contribution in [0.4, 0.5) is 4.79 Å². The van der Waals surface area contributed by atoms with E-state index in [0.29, 0.717) is 25.9 Å². The van der Waals surface area contributed by atoms with Crippen molar-refractivity contribution in [1.82, 2.24) is 10.2 Å². The minimum Gasteiger partial charge on any atom is -0.481 e. The van der Waals surface area contributed by atoms with Crippen LogP contribution in [0.5, 0.6) is 0 Å². The van der Waals surface area contributed by atoms with Crippen molar-refractivity contribution < 1.29 is 19.4 Å². The Labute approximate surface area is 106 Å². The molecule has 0 spiro atoms. The van der Waals surface area contributed by atoms with E-state index in [0.717, 1.165) is 0 Å². The summed E-state index contributed by atoms with van der Waals surface area (Å²) < 4.78 is 5.56. The molecular weight excluding hydrogens is 236 g/mol. The van der Waals surface area contributed by atoms with Gasteiger partial charge in [-0.2, -0.15) is 0 Å². The third-order valence-corrected chi connectivity index (χ3v) is 3.52. The van der Waals surface area contributed by atoms with Crippen molar-refractivity contribution in [3.63, 3.8) is 0 Å². The largest absolute Gasteiger partial charge is 0.481 e. The van der Waals surface area contributed by atoms with Crippen LogP contribution in [0.25, 0.3) is 0 Å². The molecule has 0 aromatic rings. The van der Waals surface area contributed by atoms with Gasteiger partial charge in [0.25, 0.3) is 0 Å². The molecule has 2 rings (SSSR count). The van der Waals surface area contributed by atoms with E-state index in [1.807, 2.05) is 13.8 Å². The number of carboxylic acids is 1. The number of amides is 2. The van der Waals surface area contributed by atoms with Gasteiger partial charge in [0.1, 0.15) is 0 Å². The number of carbonyl (C=O) groups is 2. The summed E-state index contributed by atoms with van der Waals surface area (Å²) in [6, 6.07) is -0.0992. The van der Waals surface area contributed by atoms with E-state index in [1.165, 1.54) is 0 Å². The third-order valence-electron chi connectivity index (χ3n) is 3.52. The minimum absolute atomic E-state index is 0.00653. The van der Waals surface area contributed by atoms with Crippen LogP contribution in [0.15, 0.2) is 0 Å². The zero-order valence-electron chi connectivity index (χ0n) is 10.8. The maximum absolute atomic E-state index is 12.0. The third kappa shape index (κ3) is 2.93. The molecule has 1 aliphatic carbocycles. The molecule has 2 atom stereocenters. The van der Waals surface area contributed by atoms with Crippen LogP contribution in [-0.2, 0) is 9.53 Å². The second kappa shape index (κ2) is 5.14. The summed E-state index contributed by atoms with van der Waals surface area (Å²) in [7, 11) is 0. The second-order valence-corrected chi connectivity index (χ2v) is 5.32. The van der Waals surface area contributed by atoms with Gasteiger partial charge in [0.05, 0.1) is 18.1 Å². The minimum atomic E-state index is -0.769. The quantitative estimate of drug-likeness (QED) is 0.761. The van der Waals surface area contributed by atoms with Crippen molar-refractivity contribution in [2.75, 3.05) is 13.1 Å². The van der Waals surface area contributed by atoms with Gasteiger partial charge < -0.3 is 20.1 Å². The second-order valence-electron chi connectivity index (χ2n) is 5.32. The van der Waals surface area contributed by atoms with Crippen LogP contribution >= 0.6 is 0 Å². The summed E-state index contributed by atoms with van der Waals surface area (Å²) in [5.74, 6) is -1.06. The van der Waals surface area contributed by atoms with Crippen molar-refractivity contribution in [2.45, 2.75) is 44.9 Å². The first-order chi connectivity index (χ1) is 8.45. The van der Waals surface area contributed by atoms with Crippen LogP contribution in [0, 0.1) is 5.92 Å². The molecule has 0 radical (unpaired) electrons. The predicted octanol–water partition coefficient (Wildman–Crippen LogP) is 0.668. The van der Waals surface area contributed by atoms with Gasteiger partial charge in [0.2, 0.25) is 0 Å². The highest BCUT2D eigenvalue weighted by Crippen LogP contribution is 2.27. The molecule has 18 heavy (non-hydrogen) atoms. The van der Waals surface area contributed by atoms with E-state index >= 15 is 0 Å². The van der Waals surface area contributed by atoms with Gasteiger partial charge in [-0.1, -0.05) is 0 Å². The van der Waals surface area contributed by atoms with Gasteiger partial charge in [-0.15, -0.1) is 0 Å². The lowest BCUT2D eigenvalue weighted by atomic mass is 9.80. The Morgan fingerprint density at radius 2 is 1.78 bits per heavy atom. The molecule has 0 aromatic heterocycles. The Balaban J connectivity index is 1.77. The molecule has 0 unspecified atom stereocenters. The number of nitrogens with one attached hydrogen (secondary N) is 1. The number of carbonyl (C=O) groups excluding carboxylic acids is 1. The molecule has 1 aliphatic heterocycles. The highest BCUT2D eigenvalue weighted by atomic mass is 16.5. The van der Waals surface area contributed by atoms with Gasteiger partial charge in [-0.05, 0) is 26.7 Å². The molecule has 0 bridgehead atoms. The van der Waals surface area contributed by atoms with Crippen molar-refractivity contribution in [2.24, 2.45) is 5.92 Å². The van der Waals surface area contributed by atoms with Crippen LogP contribution in [0.2, 0.25) is 0 Å². The lowest BCUT2D eigenvalue weighted by molar-refractivity contribution is -0.145. The van der Waals surface area contributed by atoms with E-state index in [2.05, 4.69) is 5.32 Å². The Morgan fingerprint density at radius 3 is 2.28 bits per heavy atom. The first-order valence-electron chi connectivity index (χ1n) is 6.39. The molecule has 2 aliphatic rings. The summed E-state index contributed by atoms with van der Waals surface area (Å²) >= 11 is 0. The Bertz CT molecular complexity index is 331. The SMILES string of the molecule is C[C@@H]1CN(C(=O)NC2CC(C(=O)O)C2)C[C@H](C)O1. The highest BCUT2D eigenvalue weighted by Gasteiger charge is 2.36. The average molecular weight is 256 g/mol. The number of nitrogens with zero attached hydrogens (tertiary/aromatic N) is 1. The first-order valence-corrected chi connectivity index (χ1v) is 6.39. The van der Waals surface area contributed by atoms with E-state index in [9.17, 15) is 9.59 Å². The summed E-state index contributed by atoms with van der Waals surface area (Å²) in [6.07, 6.45) is 1.17. The van der Waals surface area contributed by atoms with Crippen LogP contribution in [0.3, 0.4) is 0 Å². The molecule has 0 aromatic carbocycles. The Morgan fingerprint density at radius 1 is 1.22 bits per heavy atom. The van der Waals surface area contributed by atoms with Gasteiger partial charge in [-0.3, -0.25) is 4.79 Å². The Kier molecular flexibility index (Phi) is 3.75. The number of ether oxygens (including phenoxy) is 1. The smallest absolute Gasteiger partial charge is 0.317 e. The number of hydrogen-bond acceptors (Lipinski definition) is 3. The Hall–Kier alpha value is -1.30. The molecule has 2 fully saturated rings. The molecular formula is C12H20N2O4. The first kappa shape index (κ1) is 13.1. The fourth-order valence-electron chi connectivity index (χ4n) is 2.55. The molecule has 1 saturated carbocycles. The lowest BCUT2D eigenvalue weighted by Crippen LogP contribution is -2.56. The van der Waals surface area contributed by atoms with Crippen LogP contribution in [-0.4, -0.2) is 53.3 Å². The highest BCUT2D eigenvalue weighted by molar-refractivity contribution is 5.76. The van der Waals surface area contributed by atoms with Crippen LogP contribution in [0.1, 0.15) is 26.7 Å². The zero-order chi connectivity index (χ0) is 13.3. The van der Waals surface area contributed by atoms with Crippen molar-refractivity contribution >= 4 is 12.0 Å². The molecule has 102 valence electrons. The van der Waals surface area contributed by atoms with Gasteiger partial charge in [-0.25, -0.2) is 4.79 Å². The predicted molar refractivity (Wildman–Crippen MR) is 64.3 cm³/mol. The summed E-state index contributed by atoms with van der Waals surface area (Å²) in [5, 5.41) is 11.6. The van der Waals surface area contributed by atoms with Gasteiger partial charge in [0.15, 0.2) is 0 Å². The van der Waals surface area contributed by atoms with Gasteiger partial charge in [0, 0.05) is 19.1 Å². The van der Waals surface area contributed by atoms with E-state index in [1.54, 1.807) is 4.90 Å². The number of urea groups is 1. The number of rotatable bonds is 2. The molecule has 1 saturated heterocycles. The van der Waals surface area contributed by atoms with E-state index in [4.69, 9.17) is 9.84 Å². The zero-order valence-corrected chi connectivity index (χ0v) is 10.8. The maximum Gasteiger partial charge on any atom is 0.317 e. The number of carboxylic acid groups (broad SMARTS) is 1. The van der Waals surface area contributed by atoms with E-state index in [-0.39, 0.29) is 30.2 Å². The van der Waals surface area contributed by atoms with E-state index < -0.39 is 5.97 Å². The number of aliphatic carboxylic acids is 1. The molecule has 2 amide bonds. The summed E-state index contributed by atoms with van der Waals surface area (Å²) in [6.45, 7) is 5.07. The van der Waals surface area contributed by atoms with Crippen molar-refractivity contribution in [3.8, 4) is 0 Å². The van der Waals surface area contributed by atoms with Crippen LogP contribution < -0.4 is 5.32 Å². The summed E-state index contributed by atoms with van der Waals surface area (Å²) in [4.78, 5) is 24.4. The average Bonchev–Trinajstić information content (AvgIpc) is 2.20. The van der Waals surface area contributed by atoms with Crippen molar-refractivity contribution in [1.29, 1.82) is 0 Å². The fourth-order valence-corrected chi connectivity index (χ4v) is 2.55. The molecule has 2 N–H and O–H groups in total. The standard InChI is InChI=1S/C12H20N2O4/c1-7-5-14(6-8(2)18-7)12(17)13-10-3-9(4-10)11(15)16/h7-10H,3-6H2,1-2H3,(H,13,17)(H,15,16)/t7-,8+,9?,10?. The van der Waals surface area contributed by atoms with Crippen molar-refractivity contribution in [3.05, 3.63) is 0 Å². The van der Waals surface area contributed by atoms with Gasteiger partial charge >= 0.3 is 12.0 Å². The lowest BCUT2D eigenvalue weighted by Gasteiger charge is -2.38. The molecule has 6 heteroatoms. The fraction of sp³-hybridized carbons (Fsp3) is 0.833. The normalized spacial score (nSPS) is 35.8. The molecule has 1 heterocycles. The molecule has 6 nitrogen and oxygen atoms in total. The number of morpholine rings is 1. The summed E-state index contributed by atoms with van der Waals surface area (Å²) in [5.41, 5.74) is 0.